The normalized spacial score (nSPS) is 20.6. The number of hydrogen-bond acceptors (Lipinski definition) is 3. The molecule has 0 saturated heterocycles. The Morgan fingerprint density at radius 1 is 1.29 bits per heavy atom. The Hall–Kier alpha value is -2.04. The van der Waals surface area contributed by atoms with Crippen LogP contribution in [0.25, 0.3) is 0 Å². The Balaban J connectivity index is 1.92. The molecule has 2 N–H and O–H groups in total. The van der Waals surface area contributed by atoms with Gasteiger partial charge in [0.15, 0.2) is 0 Å². The van der Waals surface area contributed by atoms with E-state index in [9.17, 15) is 14.7 Å². The van der Waals surface area contributed by atoms with Crippen molar-refractivity contribution in [2.45, 2.75) is 39.5 Å². The average molecular weight is 333 g/mol. The number of carbonyl (C=O) groups excluding carboxylic acids is 1. The second kappa shape index (κ2) is 8.71. The lowest BCUT2D eigenvalue weighted by atomic mass is 9.79. The van der Waals surface area contributed by atoms with E-state index in [0.29, 0.717) is 36.8 Å². The van der Waals surface area contributed by atoms with E-state index in [1.165, 1.54) is 0 Å². The maximum atomic E-state index is 12.3. The van der Waals surface area contributed by atoms with Crippen LogP contribution in [-0.2, 0) is 4.79 Å². The monoisotopic (exact) mass is 333 g/mol. The smallest absolute Gasteiger partial charge is 0.306 e. The van der Waals surface area contributed by atoms with E-state index in [0.717, 1.165) is 19.3 Å². The third-order valence-corrected chi connectivity index (χ3v) is 4.43. The van der Waals surface area contributed by atoms with Gasteiger partial charge in [-0.3, -0.25) is 9.59 Å². The standard InChI is InChI=1S/C19H27NO4/c1-13(2)12-24-16-8-5-7-14(10-16)18(21)20-11-15-6-3-4-9-17(15)19(22)23/h5,7-8,10,13,15,17H,3-4,6,9,11-12H2,1-2H3,(H,20,21)(H,22,23)/t15-,17-/m0/s1. The van der Waals surface area contributed by atoms with E-state index in [-0.39, 0.29) is 17.7 Å². The maximum absolute atomic E-state index is 12.3. The van der Waals surface area contributed by atoms with Crippen LogP contribution in [0.5, 0.6) is 5.75 Å². The molecule has 5 nitrogen and oxygen atoms in total. The lowest BCUT2D eigenvalue weighted by Gasteiger charge is -2.28. The summed E-state index contributed by atoms with van der Waals surface area (Å²) < 4.78 is 5.64. The minimum atomic E-state index is -0.752. The first-order valence-corrected chi connectivity index (χ1v) is 8.71. The highest BCUT2D eigenvalue weighted by Crippen LogP contribution is 2.29. The van der Waals surface area contributed by atoms with Crippen molar-refractivity contribution >= 4 is 11.9 Å². The van der Waals surface area contributed by atoms with Crippen molar-refractivity contribution in [1.29, 1.82) is 0 Å². The highest BCUT2D eigenvalue weighted by atomic mass is 16.5. The molecule has 5 heteroatoms. The summed E-state index contributed by atoms with van der Waals surface area (Å²) in [5, 5.41) is 12.2. The van der Waals surface area contributed by atoms with Crippen molar-refractivity contribution in [3.05, 3.63) is 29.8 Å². The van der Waals surface area contributed by atoms with Crippen LogP contribution in [-0.4, -0.2) is 30.1 Å². The molecular formula is C19H27NO4. The summed E-state index contributed by atoms with van der Waals surface area (Å²) >= 11 is 0. The number of amides is 1. The fourth-order valence-corrected chi connectivity index (χ4v) is 3.09. The van der Waals surface area contributed by atoms with Gasteiger partial charge in [-0.15, -0.1) is 0 Å². The molecular weight excluding hydrogens is 306 g/mol. The first-order chi connectivity index (χ1) is 11.5. The Kier molecular flexibility index (Phi) is 6.64. The lowest BCUT2D eigenvalue weighted by molar-refractivity contribution is -0.144. The van der Waals surface area contributed by atoms with Crippen LogP contribution in [0, 0.1) is 17.8 Å². The molecule has 0 bridgehead atoms. The molecule has 24 heavy (non-hydrogen) atoms. The predicted molar refractivity (Wildman–Crippen MR) is 92.2 cm³/mol. The van der Waals surface area contributed by atoms with E-state index in [4.69, 9.17) is 4.74 Å². The zero-order chi connectivity index (χ0) is 17.5. The van der Waals surface area contributed by atoms with Crippen molar-refractivity contribution in [1.82, 2.24) is 5.32 Å². The van der Waals surface area contributed by atoms with Crippen LogP contribution < -0.4 is 10.1 Å². The predicted octanol–water partition coefficient (Wildman–Crippen LogP) is 3.34. The molecule has 0 aliphatic heterocycles. The van der Waals surface area contributed by atoms with Crippen LogP contribution >= 0.6 is 0 Å². The summed E-state index contributed by atoms with van der Waals surface area (Å²) in [7, 11) is 0. The van der Waals surface area contributed by atoms with Gasteiger partial charge in [-0.2, -0.15) is 0 Å². The van der Waals surface area contributed by atoms with Crippen LogP contribution in [0.1, 0.15) is 49.9 Å². The molecule has 1 aliphatic carbocycles. The van der Waals surface area contributed by atoms with Gasteiger partial charge in [0.1, 0.15) is 5.75 Å². The van der Waals surface area contributed by atoms with Gasteiger partial charge < -0.3 is 15.2 Å². The molecule has 1 aromatic rings. The Labute approximate surface area is 143 Å². The molecule has 1 amide bonds. The van der Waals surface area contributed by atoms with Gasteiger partial charge in [-0.05, 0) is 42.9 Å². The second-order valence-corrected chi connectivity index (χ2v) is 6.93. The molecule has 1 saturated carbocycles. The van der Waals surface area contributed by atoms with Crippen molar-refractivity contribution in [2.24, 2.45) is 17.8 Å². The SMILES string of the molecule is CC(C)COc1cccc(C(=O)NC[C@@H]2CCCC[C@@H]2C(=O)O)c1. The molecule has 0 heterocycles. The summed E-state index contributed by atoms with van der Waals surface area (Å²) in [6.45, 7) is 5.15. The van der Waals surface area contributed by atoms with E-state index in [1.807, 2.05) is 6.07 Å². The largest absolute Gasteiger partial charge is 0.493 e. The van der Waals surface area contributed by atoms with Crippen LogP contribution in [0.2, 0.25) is 0 Å². The zero-order valence-corrected chi connectivity index (χ0v) is 14.5. The van der Waals surface area contributed by atoms with E-state index < -0.39 is 5.97 Å². The molecule has 132 valence electrons. The van der Waals surface area contributed by atoms with Crippen molar-refractivity contribution in [3.63, 3.8) is 0 Å². The van der Waals surface area contributed by atoms with Crippen LogP contribution in [0.3, 0.4) is 0 Å². The molecule has 1 fully saturated rings. The molecule has 1 aliphatic rings. The van der Waals surface area contributed by atoms with Gasteiger partial charge in [-0.1, -0.05) is 32.8 Å². The number of carbonyl (C=O) groups is 2. The molecule has 0 unspecified atom stereocenters. The summed E-state index contributed by atoms with van der Waals surface area (Å²) in [4.78, 5) is 23.7. The molecule has 0 aromatic heterocycles. The summed E-state index contributed by atoms with van der Waals surface area (Å²) in [6.07, 6.45) is 3.54. The third-order valence-electron chi connectivity index (χ3n) is 4.43. The minimum absolute atomic E-state index is 0.0144. The van der Waals surface area contributed by atoms with Gasteiger partial charge in [0.2, 0.25) is 0 Å². The number of rotatable bonds is 7. The van der Waals surface area contributed by atoms with Gasteiger partial charge in [0.05, 0.1) is 12.5 Å². The first-order valence-electron chi connectivity index (χ1n) is 8.71. The number of benzene rings is 1. The fraction of sp³-hybridized carbons (Fsp3) is 0.579. The summed E-state index contributed by atoms with van der Waals surface area (Å²) in [6, 6.07) is 7.10. The lowest BCUT2D eigenvalue weighted by Crippen LogP contribution is -2.37. The second-order valence-electron chi connectivity index (χ2n) is 6.93. The minimum Gasteiger partial charge on any atom is -0.493 e. The van der Waals surface area contributed by atoms with Crippen molar-refractivity contribution in [2.75, 3.05) is 13.2 Å². The number of aliphatic carboxylic acids is 1. The Morgan fingerprint density at radius 3 is 2.75 bits per heavy atom. The highest BCUT2D eigenvalue weighted by molar-refractivity contribution is 5.94. The Bertz CT molecular complexity index is 570. The van der Waals surface area contributed by atoms with Crippen LogP contribution in [0.15, 0.2) is 24.3 Å². The third kappa shape index (κ3) is 5.25. The molecule has 0 spiro atoms. The van der Waals surface area contributed by atoms with E-state index >= 15 is 0 Å². The van der Waals surface area contributed by atoms with Crippen molar-refractivity contribution < 1.29 is 19.4 Å². The first kappa shape index (κ1) is 18.3. The number of carboxylic acid groups (broad SMARTS) is 1. The highest BCUT2D eigenvalue weighted by Gasteiger charge is 2.30. The van der Waals surface area contributed by atoms with E-state index in [1.54, 1.807) is 18.2 Å². The van der Waals surface area contributed by atoms with Gasteiger partial charge >= 0.3 is 5.97 Å². The number of carboxylic acids is 1. The summed E-state index contributed by atoms with van der Waals surface area (Å²) in [5.41, 5.74) is 0.541. The number of ether oxygens (including phenoxy) is 1. The zero-order valence-electron chi connectivity index (χ0n) is 14.5. The molecule has 2 atom stereocenters. The summed E-state index contributed by atoms with van der Waals surface area (Å²) in [5.74, 6) is -0.169. The van der Waals surface area contributed by atoms with E-state index in [2.05, 4.69) is 19.2 Å². The molecule has 1 aromatic carbocycles. The molecule has 2 rings (SSSR count). The van der Waals surface area contributed by atoms with Gasteiger partial charge in [0, 0.05) is 12.1 Å². The quantitative estimate of drug-likeness (QED) is 0.802. The van der Waals surface area contributed by atoms with Crippen LogP contribution in [0.4, 0.5) is 0 Å². The van der Waals surface area contributed by atoms with Gasteiger partial charge in [-0.25, -0.2) is 0 Å². The topological polar surface area (TPSA) is 75.6 Å². The Morgan fingerprint density at radius 2 is 2.04 bits per heavy atom. The number of nitrogens with one attached hydrogen (secondary N) is 1. The van der Waals surface area contributed by atoms with Gasteiger partial charge in [0.25, 0.3) is 5.91 Å². The van der Waals surface area contributed by atoms with Crippen molar-refractivity contribution in [3.8, 4) is 5.75 Å². The maximum Gasteiger partial charge on any atom is 0.306 e. The number of hydrogen-bond donors (Lipinski definition) is 2. The molecule has 0 radical (unpaired) electrons. The fourth-order valence-electron chi connectivity index (χ4n) is 3.09. The average Bonchev–Trinajstić information content (AvgIpc) is 2.58.